The van der Waals surface area contributed by atoms with E-state index in [9.17, 15) is 0 Å². The molecule has 1 aliphatic rings. The Balaban J connectivity index is 1.35. The first-order valence-corrected chi connectivity index (χ1v) is 12.6. The summed E-state index contributed by atoms with van der Waals surface area (Å²) in [5.41, 5.74) is 2.37. The minimum Gasteiger partial charge on any atom is -0.350 e. The van der Waals surface area contributed by atoms with Crippen molar-refractivity contribution in [2.45, 2.75) is 82.7 Å². The molecule has 0 radical (unpaired) electrons. The topological polar surface area (TPSA) is 71.4 Å². The molecule has 0 spiro atoms. The van der Waals surface area contributed by atoms with Gasteiger partial charge in [-0.2, -0.15) is 4.98 Å². The second-order valence-corrected chi connectivity index (χ2v) is 9.39. The quantitative estimate of drug-likeness (QED) is 0.297. The Morgan fingerprint density at radius 1 is 1.12 bits per heavy atom. The van der Waals surface area contributed by atoms with E-state index in [0.717, 1.165) is 49.6 Å². The van der Waals surface area contributed by atoms with Gasteiger partial charge in [0.1, 0.15) is 5.82 Å². The highest BCUT2D eigenvalue weighted by Gasteiger charge is 2.21. The summed E-state index contributed by atoms with van der Waals surface area (Å²) >= 11 is 5.91. The van der Waals surface area contributed by atoms with Crippen molar-refractivity contribution >= 4 is 17.5 Å². The molecule has 6 nitrogen and oxygen atoms in total. The number of anilines is 1. The number of nitrogens with one attached hydrogen (secondary N) is 2. The number of benzene rings is 1. The fraction of sp³-hybridized carbons (Fsp3) is 0.560. The molecule has 1 aliphatic carbocycles. The second-order valence-electron chi connectivity index (χ2n) is 9.01. The monoisotopic (exact) mass is 454 g/mol. The van der Waals surface area contributed by atoms with E-state index in [0.29, 0.717) is 18.0 Å². The van der Waals surface area contributed by atoms with Crippen molar-refractivity contribution in [1.29, 1.82) is 0 Å². The van der Waals surface area contributed by atoms with Crippen LogP contribution in [0.25, 0.3) is 0 Å². The number of nitrogens with zero attached hydrogens (tertiary/aromatic N) is 4. The molecular formula is C25H35ClN6. The Morgan fingerprint density at radius 3 is 2.59 bits per heavy atom. The molecule has 0 saturated heterocycles. The average molecular weight is 455 g/mol. The van der Waals surface area contributed by atoms with Gasteiger partial charge in [-0.25, -0.2) is 4.98 Å². The second kappa shape index (κ2) is 11.5. The first-order chi connectivity index (χ1) is 15.7. The van der Waals surface area contributed by atoms with E-state index in [4.69, 9.17) is 16.6 Å². The summed E-state index contributed by atoms with van der Waals surface area (Å²) in [4.78, 5) is 9.26. The van der Waals surface area contributed by atoms with E-state index in [1.807, 2.05) is 6.33 Å². The lowest BCUT2D eigenvalue weighted by Gasteiger charge is -2.25. The van der Waals surface area contributed by atoms with Crippen LogP contribution in [0.2, 0.25) is 0 Å². The predicted molar refractivity (Wildman–Crippen MR) is 130 cm³/mol. The van der Waals surface area contributed by atoms with Gasteiger partial charge >= 0.3 is 0 Å². The third kappa shape index (κ3) is 6.12. The standard InChI is InChI=1S/C25H35ClN6/c1-19-17-32(18-27-19)22-13-7-11-21(12-8-14-22)28-25-29-24(30-31-25)23(15-5-6-16-26)20-9-3-2-4-10-20/h2-4,9-10,17-18,21-23H,5-8,11-16H2,1H3,(H2,28,29,30,31). The Labute approximate surface area is 196 Å². The summed E-state index contributed by atoms with van der Waals surface area (Å²) in [5.74, 6) is 2.59. The smallest absolute Gasteiger partial charge is 0.242 e. The number of aryl methyl sites for hydroxylation is 1. The van der Waals surface area contributed by atoms with Gasteiger partial charge in [-0.3, -0.25) is 5.10 Å². The fourth-order valence-corrected chi connectivity index (χ4v) is 5.03. The normalized spacial score (nSPS) is 20.4. The lowest BCUT2D eigenvalue weighted by atomic mass is 9.93. The van der Waals surface area contributed by atoms with E-state index >= 15 is 0 Å². The fourth-order valence-electron chi connectivity index (χ4n) is 4.84. The Morgan fingerprint density at radius 2 is 1.91 bits per heavy atom. The van der Waals surface area contributed by atoms with Crippen molar-refractivity contribution in [3.8, 4) is 0 Å². The minimum absolute atomic E-state index is 0.221. The molecule has 4 rings (SSSR count). The Bertz CT molecular complexity index is 927. The van der Waals surface area contributed by atoms with Gasteiger partial charge in [0, 0.05) is 30.1 Å². The van der Waals surface area contributed by atoms with Crippen molar-refractivity contribution in [1.82, 2.24) is 24.7 Å². The molecule has 2 aromatic heterocycles. The maximum atomic E-state index is 5.91. The van der Waals surface area contributed by atoms with Crippen LogP contribution in [0.4, 0.5) is 5.95 Å². The van der Waals surface area contributed by atoms with Gasteiger partial charge in [0.2, 0.25) is 5.95 Å². The zero-order chi connectivity index (χ0) is 22.2. The number of rotatable bonds is 9. The van der Waals surface area contributed by atoms with Gasteiger partial charge in [0.25, 0.3) is 0 Å². The summed E-state index contributed by atoms with van der Waals surface area (Å²) < 4.78 is 2.30. The molecule has 2 heterocycles. The number of hydrogen-bond donors (Lipinski definition) is 2. The van der Waals surface area contributed by atoms with Crippen LogP contribution in [0.1, 0.15) is 86.8 Å². The molecule has 2 N–H and O–H groups in total. The number of imidazole rings is 1. The lowest BCUT2D eigenvalue weighted by molar-refractivity contribution is 0.359. The first-order valence-electron chi connectivity index (χ1n) is 12.0. The molecule has 1 aromatic carbocycles. The maximum Gasteiger partial charge on any atom is 0.242 e. The molecule has 0 aliphatic heterocycles. The van der Waals surface area contributed by atoms with Gasteiger partial charge in [0.15, 0.2) is 0 Å². The molecule has 172 valence electrons. The number of aromatic nitrogens is 5. The number of hydrogen-bond acceptors (Lipinski definition) is 4. The molecule has 1 unspecified atom stereocenters. The molecular weight excluding hydrogens is 420 g/mol. The number of unbranched alkanes of at least 4 members (excludes halogenated alkanes) is 1. The molecule has 7 heteroatoms. The van der Waals surface area contributed by atoms with Crippen molar-refractivity contribution < 1.29 is 0 Å². The summed E-state index contributed by atoms with van der Waals surface area (Å²) in [6, 6.07) is 11.6. The highest BCUT2D eigenvalue weighted by molar-refractivity contribution is 6.17. The van der Waals surface area contributed by atoms with E-state index < -0.39 is 0 Å². The molecule has 1 fully saturated rings. The zero-order valence-electron chi connectivity index (χ0n) is 19.0. The summed E-state index contributed by atoms with van der Waals surface area (Å²) in [7, 11) is 0. The van der Waals surface area contributed by atoms with Crippen molar-refractivity contribution in [2.75, 3.05) is 11.2 Å². The lowest BCUT2D eigenvalue weighted by Crippen LogP contribution is -2.23. The molecule has 1 saturated carbocycles. The van der Waals surface area contributed by atoms with Crippen LogP contribution >= 0.6 is 11.6 Å². The van der Waals surface area contributed by atoms with E-state index in [2.05, 4.69) is 68.5 Å². The zero-order valence-corrected chi connectivity index (χ0v) is 19.8. The number of alkyl halides is 1. The largest absolute Gasteiger partial charge is 0.350 e. The SMILES string of the molecule is Cc1cn(C2CCCC(Nc3n[nH]c(C(CCCCCl)c4ccccc4)n3)CCC2)cn1. The maximum absolute atomic E-state index is 5.91. The van der Waals surface area contributed by atoms with Gasteiger partial charge in [-0.15, -0.1) is 16.7 Å². The van der Waals surface area contributed by atoms with Crippen LogP contribution in [0, 0.1) is 6.92 Å². The van der Waals surface area contributed by atoms with Crippen LogP contribution in [0.5, 0.6) is 0 Å². The van der Waals surface area contributed by atoms with Crippen LogP contribution in [-0.2, 0) is 0 Å². The van der Waals surface area contributed by atoms with E-state index in [1.54, 1.807) is 0 Å². The highest BCUT2D eigenvalue weighted by Crippen LogP contribution is 2.30. The van der Waals surface area contributed by atoms with Gasteiger partial charge in [-0.1, -0.05) is 36.8 Å². The molecule has 0 amide bonds. The molecule has 1 atom stereocenters. The van der Waals surface area contributed by atoms with Crippen LogP contribution in [0.3, 0.4) is 0 Å². The van der Waals surface area contributed by atoms with E-state index in [1.165, 1.54) is 31.2 Å². The van der Waals surface area contributed by atoms with Gasteiger partial charge in [-0.05, 0) is 63.9 Å². The molecule has 3 aromatic rings. The van der Waals surface area contributed by atoms with E-state index in [-0.39, 0.29) is 5.92 Å². The van der Waals surface area contributed by atoms with Crippen LogP contribution in [0.15, 0.2) is 42.9 Å². The Hall–Kier alpha value is -2.34. The van der Waals surface area contributed by atoms with Gasteiger partial charge in [0.05, 0.1) is 12.0 Å². The van der Waals surface area contributed by atoms with Gasteiger partial charge < -0.3 is 9.88 Å². The van der Waals surface area contributed by atoms with Crippen molar-refractivity contribution in [3.63, 3.8) is 0 Å². The number of aromatic amines is 1. The van der Waals surface area contributed by atoms with Crippen molar-refractivity contribution in [3.05, 3.63) is 59.9 Å². The number of halogens is 1. The third-order valence-electron chi connectivity index (χ3n) is 6.58. The third-order valence-corrected chi connectivity index (χ3v) is 6.84. The molecule has 32 heavy (non-hydrogen) atoms. The highest BCUT2D eigenvalue weighted by atomic mass is 35.5. The minimum atomic E-state index is 0.221. The predicted octanol–water partition coefficient (Wildman–Crippen LogP) is 6.23. The van der Waals surface area contributed by atoms with Crippen LogP contribution < -0.4 is 5.32 Å². The van der Waals surface area contributed by atoms with Crippen molar-refractivity contribution in [2.24, 2.45) is 0 Å². The summed E-state index contributed by atoms with van der Waals surface area (Å²) in [6.45, 7) is 2.06. The van der Waals surface area contributed by atoms with Crippen LogP contribution in [-0.4, -0.2) is 36.7 Å². The summed E-state index contributed by atoms with van der Waals surface area (Å²) in [6.07, 6.45) is 14.4. The summed E-state index contributed by atoms with van der Waals surface area (Å²) in [5, 5.41) is 11.3. The Kier molecular flexibility index (Phi) is 8.21. The molecule has 0 bridgehead atoms. The number of H-pyrrole nitrogens is 1. The first kappa shape index (κ1) is 22.8. The average Bonchev–Trinajstić information content (AvgIpc) is 3.43.